The lowest BCUT2D eigenvalue weighted by atomic mass is 9.93. The summed E-state index contributed by atoms with van der Waals surface area (Å²) in [6.07, 6.45) is 3.49. The molecular weight excluding hydrogens is 348 g/mol. The van der Waals surface area contributed by atoms with Crippen LogP contribution in [0.1, 0.15) is 16.4 Å². The Hall–Kier alpha value is -3.12. The zero-order valence-corrected chi connectivity index (χ0v) is 14.4. The molecule has 1 aromatic heterocycles. The third-order valence-corrected chi connectivity index (χ3v) is 6.02. The molecule has 0 radical (unpaired) electrons. The van der Waals surface area contributed by atoms with E-state index in [1.807, 2.05) is 60.7 Å². The standard InChI is InChI=1S/C20H14N2O3S/c23-26(24,25-20-21-16-9-1-2-10-17(16)22-20)18-12-11-14-6-3-5-13-7-4-8-15(18)19(13)14/h1-12,18H,(H,21,22). The van der Waals surface area contributed by atoms with E-state index >= 15 is 0 Å². The van der Waals surface area contributed by atoms with Gasteiger partial charge in [-0.1, -0.05) is 60.7 Å². The highest BCUT2D eigenvalue weighted by Crippen LogP contribution is 2.38. The maximum absolute atomic E-state index is 12.9. The van der Waals surface area contributed by atoms with Crippen LogP contribution in [0, 0.1) is 0 Å². The van der Waals surface area contributed by atoms with Gasteiger partial charge in [0.15, 0.2) is 0 Å². The van der Waals surface area contributed by atoms with Crippen LogP contribution < -0.4 is 4.18 Å². The molecule has 0 aliphatic heterocycles. The summed E-state index contributed by atoms with van der Waals surface area (Å²) >= 11 is 0. The van der Waals surface area contributed by atoms with Gasteiger partial charge in [0.05, 0.1) is 11.0 Å². The van der Waals surface area contributed by atoms with Crippen LogP contribution in [0.2, 0.25) is 0 Å². The van der Waals surface area contributed by atoms with Crippen LogP contribution in [0.15, 0.2) is 66.7 Å². The number of hydrogen-bond acceptors (Lipinski definition) is 4. The number of H-pyrrole nitrogens is 1. The van der Waals surface area contributed by atoms with Gasteiger partial charge in [-0.3, -0.25) is 0 Å². The Bertz CT molecular complexity index is 1250. The fourth-order valence-corrected chi connectivity index (χ4v) is 4.63. The second-order valence-corrected chi connectivity index (χ2v) is 7.87. The predicted octanol–water partition coefficient (Wildman–Crippen LogP) is 4.19. The van der Waals surface area contributed by atoms with Crippen LogP contribution in [0.3, 0.4) is 0 Å². The molecule has 4 aromatic rings. The first-order valence-electron chi connectivity index (χ1n) is 8.20. The molecule has 128 valence electrons. The monoisotopic (exact) mass is 362 g/mol. The van der Waals surface area contributed by atoms with Gasteiger partial charge in [0.1, 0.15) is 5.25 Å². The van der Waals surface area contributed by atoms with Gasteiger partial charge in [0.2, 0.25) is 0 Å². The number of hydrogen-bond donors (Lipinski definition) is 1. The van der Waals surface area contributed by atoms with Gasteiger partial charge in [-0.25, -0.2) is 0 Å². The lowest BCUT2D eigenvalue weighted by molar-refractivity contribution is 0.463. The molecule has 1 aliphatic carbocycles. The minimum atomic E-state index is -3.95. The van der Waals surface area contributed by atoms with Crippen molar-refractivity contribution in [1.82, 2.24) is 9.97 Å². The first-order valence-corrected chi connectivity index (χ1v) is 9.67. The van der Waals surface area contributed by atoms with E-state index in [2.05, 4.69) is 9.97 Å². The number of nitrogens with zero attached hydrogens (tertiary/aromatic N) is 1. The van der Waals surface area contributed by atoms with Crippen LogP contribution in [0.4, 0.5) is 0 Å². The topological polar surface area (TPSA) is 72.1 Å². The largest absolute Gasteiger partial charge is 0.344 e. The average molecular weight is 362 g/mol. The molecule has 0 fully saturated rings. The van der Waals surface area contributed by atoms with Crippen molar-refractivity contribution in [1.29, 1.82) is 0 Å². The second kappa shape index (κ2) is 5.44. The molecule has 0 spiro atoms. The normalized spacial score (nSPS) is 16.2. The minimum absolute atomic E-state index is 0.0226. The molecule has 0 amide bonds. The number of rotatable bonds is 3. The third kappa shape index (κ3) is 2.30. The Kier molecular flexibility index (Phi) is 3.17. The number of nitrogens with one attached hydrogen (secondary N) is 1. The highest BCUT2D eigenvalue weighted by atomic mass is 32.2. The van der Waals surface area contributed by atoms with E-state index in [1.165, 1.54) is 0 Å². The summed E-state index contributed by atoms with van der Waals surface area (Å²) in [5.74, 6) is 0. The Labute approximate surface area is 150 Å². The van der Waals surface area contributed by atoms with Gasteiger partial charge >= 0.3 is 16.1 Å². The Balaban J connectivity index is 1.59. The van der Waals surface area contributed by atoms with Crippen LogP contribution in [0.5, 0.6) is 6.01 Å². The SMILES string of the molecule is O=S(=O)(Oc1nc2ccccc2[nH]1)C1C=Cc2cccc3cccc1c23. The zero-order valence-electron chi connectivity index (χ0n) is 13.6. The molecule has 0 bridgehead atoms. The first kappa shape index (κ1) is 15.2. The van der Waals surface area contributed by atoms with E-state index in [9.17, 15) is 8.42 Å². The van der Waals surface area contributed by atoms with E-state index < -0.39 is 15.4 Å². The van der Waals surface area contributed by atoms with Crippen molar-refractivity contribution in [3.8, 4) is 6.01 Å². The molecular formula is C20H14N2O3S. The van der Waals surface area contributed by atoms with Crippen LogP contribution >= 0.6 is 0 Å². The van der Waals surface area contributed by atoms with E-state index in [1.54, 1.807) is 12.1 Å². The summed E-state index contributed by atoms with van der Waals surface area (Å²) in [6.45, 7) is 0. The van der Waals surface area contributed by atoms with Crippen molar-refractivity contribution >= 4 is 38.0 Å². The molecule has 1 aliphatic rings. The molecule has 1 heterocycles. The van der Waals surface area contributed by atoms with Crippen molar-refractivity contribution in [2.24, 2.45) is 0 Å². The van der Waals surface area contributed by atoms with Gasteiger partial charge in [0, 0.05) is 0 Å². The molecule has 1 atom stereocenters. The van der Waals surface area contributed by atoms with E-state index in [4.69, 9.17) is 4.18 Å². The Morgan fingerprint density at radius 1 is 0.962 bits per heavy atom. The lowest BCUT2D eigenvalue weighted by Crippen LogP contribution is -2.19. The van der Waals surface area contributed by atoms with Gasteiger partial charge in [-0.15, -0.1) is 0 Å². The predicted molar refractivity (Wildman–Crippen MR) is 101 cm³/mol. The first-order chi connectivity index (χ1) is 12.6. The molecule has 5 nitrogen and oxygen atoms in total. The van der Waals surface area contributed by atoms with Crippen LogP contribution in [-0.4, -0.2) is 18.4 Å². The van der Waals surface area contributed by atoms with Gasteiger partial charge in [-0.2, -0.15) is 13.4 Å². The number of imidazole rings is 1. The quantitative estimate of drug-likeness (QED) is 0.555. The summed E-state index contributed by atoms with van der Waals surface area (Å²) in [4.78, 5) is 7.10. The van der Waals surface area contributed by atoms with Crippen molar-refractivity contribution in [2.45, 2.75) is 5.25 Å². The van der Waals surface area contributed by atoms with Crippen molar-refractivity contribution < 1.29 is 12.6 Å². The van der Waals surface area contributed by atoms with E-state index in [-0.39, 0.29) is 6.01 Å². The molecule has 0 saturated carbocycles. The third-order valence-electron chi connectivity index (χ3n) is 4.60. The number of aromatic nitrogens is 2. The Morgan fingerprint density at radius 3 is 2.62 bits per heavy atom. The number of fused-ring (bicyclic) bond motifs is 1. The zero-order chi connectivity index (χ0) is 17.7. The fourth-order valence-electron chi connectivity index (χ4n) is 3.45. The summed E-state index contributed by atoms with van der Waals surface area (Å²) < 4.78 is 31.2. The molecule has 0 saturated heterocycles. The highest BCUT2D eigenvalue weighted by Gasteiger charge is 2.32. The summed E-state index contributed by atoms with van der Waals surface area (Å²) in [5, 5.41) is 1.07. The highest BCUT2D eigenvalue weighted by molar-refractivity contribution is 7.87. The molecule has 1 N–H and O–H groups in total. The molecule has 3 aromatic carbocycles. The van der Waals surface area contributed by atoms with Gasteiger partial charge < -0.3 is 9.17 Å². The molecule has 5 rings (SSSR count). The molecule has 1 unspecified atom stereocenters. The van der Waals surface area contributed by atoms with Crippen LogP contribution in [-0.2, 0) is 10.1 Å². The molecule has 6 heteroatoms. The van der Waals surface area contributed by atoms with Crippen LogP contribution in [0.25, 0.3) is 27.9 Å². The maximum Gasteiger partial charge on any atom is 0.322 e. The van der Waals surface area contributed by atoms with Crippen molar-refractivity contribution in [3.05, 3.63) is 77.9 Å². The van der Waals surface area contributed by atoms with Gasteiger partial charge in [0.25, 0.3) is 0 Å². The maximum atomic E-state index is 12.9. The summed E-state index contributed by atoms with van der Waals surface area (Å²) in [7, 11) is -3.95. The minimum Gasteiger partial charge on any atom is -0.344 e. The average Bonchev–Trinajstić information content (AvgIpc) is 3.03. The summed E-state index contributed by atoms with van der Waals surface area (Å²) in [6, 6.07) is 18.9. The number of benzene rings is 3. The number of para-hydroxylation sites is 2. The summed E-state index contributed by atoms with van der Waals surface area (Å²) in [5.41, 5.74) is 3.11. The van der Waals surface area contributed by atoms with Crippen molar-refractivity contribution in [3.63, 3.8) is 0 Å². The number of aromatic amines is 1. The molecule has 26 heavy (non-hydrogen) atoms. The fraction of sp³-hybridized carbons (Fsp3) is 0.0500. The van der Waals surface area contributed by atoms with Crippen molar-refractivity contribution in [2.75, 3.05) is 0 Å². The van der Waals surface area contributed by atoms with Gasteiger partial charge in [-0.05, 0) is 34.0 Å². The second-order valence-electron chi connectivity index (χ2n) is 6.21. The van der Waals surface area contributed by atoms with E-state index in [0.717, 1.165) is 27.4 Å². The van der Waals surface area contributed by atoms with E-state index in [0.29, 0.717) is 5.52 Å². The Morgan fingerprint density at radius 2 is 1.77 bits per heavy atom. The smallest absolute Gasteiger partial charge is 0.322 e. The lowest BCUT2D eigenvalue weighted by Gasteiger charge is -2.20.